The van der Waals surface area contributed by atoms with Gasteiger partial charge in [-0.2, -0.15) is 0 Å². The lowest BCUT2D eigenvalue weighted by atomic mass is 10.4. The van der Waals surface area contributed by atoms with Crippen LogP contribution in [0, 0.1) is 6.92 Å². The number of nitrogens with two attached hydrogens (primary N) is 1. The maximum Gasteiger partial charge on any atom is 0.189 e. The molecule has 1 heterocycles. The second kappa shape index (κ2) is 5.68. The molecule has 17 heavy (non-hydrogen) atoms. The number of nitrogens with zero attached hydrogens (tertiary/aromatic N) is 2. The minimum atomic E-state index is -3.00. The van der Waals surface area contributed by atoms with Gasteiger partial charge >= 0.3 is 0 Å². The third-order valence-corrected chi connectivity index (χ3v) is 5.49. The predicted molar refractivity (Wildman–Crippen MR) is 70.8 cm³/mol. The minimum Gasteiger partial charge on any atom is -0.384 e. The summed E-state index contributed by atoms with van der Waals surface area (Å²) >= 11 is 1.31. The van der Waals surface area contributed by atoms with E-state index in [0.717, 1.165) is 5.69 Å². The number of aromatic nitrogens is 2. The van der Waals surface area contributed by atoms with Crippen LogP contribution in [0.2, 0.25) is 0 Å². The number of anilines is 1. The fourth-order valence-electron chi connectivity index (χ4n) is 1.11. The van der Waals surface area contributed by atoms with Gasteiger partial charge in [-0.15, -0.1) is 0 Å². The first-order valence-electron chi connectivity index (χ1n) is 5.27. The largest absolute Gasteiger partial charge is 0.384 e. The third-order valence-electron chi connectivity index (χ3n) is 2.17. The van der Waals surface area contributed by atoms with Gasteiger partial charge in [0, 0.05) is 17.5 Å². The molecule has 1 rings (SSSR count). The van der Waals surface area contributed by atoms with Crippen molar-refractivity contribution in [3.05, 3.63) is 11.8 Å². The average molecular weight is 275 g/mol. The van der Waals surface area contributed by atoms with Gasteiger partial charge in [-0.05, 0) is 20.8 Å². The highest BCUT2D eigenvalue weighted by atomic mass is 32.2. The van der Waals surface area contributed by atoms with E-state index >= 15 is 0 Å². The number of sulfone groups is 1. The summed E-state index contributed by atoms with van der Waals surface area (Å²) in [6.45, 7) is 5.19. The first kappa shape index (κ1) is 14.2. The summed E-state index contributed by atoms with van der Waals surface area (Å²) < 4.78 is 23.2. The van der Waals surface area contributed by atoms with E-state index in [1.807, 2.05) is 6.92 Å². The smallest absolute Gasteiger partial charge is 0.189 e. The Kier molecular flexibility index (Phi) is 4.76. The molecule has 0 bridgehead atoms. The second-order valence-electron chi connectivity index (χ2n) is 3.98. The van der Waals surface area contributed by atoms with E-state index in [0.29, 0.717) is 16.7 Å². The fourth-order valence-corrected chi connectivity index (χ4v) is 3.41. The van der Waals surface area contributed by atoms with E-state index in [4.69, 9.17) is 5.73 Å². The minimum absolute atomic E-state index is 0.131. The second-order valence-corrected chi connectivity index (χ2v) is 7.72. The molecule has 0 saturated carbocycles. The SMILES string of the molecule is Cc1cc(N)nc(SCCS(=O)(=O)C(C)C)n1. The quantitative estimate of drug-likeness (QED) is 0.643. The lowest BCUT2D eigenvalue weighted by Gasteiger charge is -2.07. The molecule has 0 aliphatic heterocycles. The van der Waals surface area contributed by atoms with E-state index in [9.17, 15) is 8.42 Å². The molecule has 1 aromatic heterocycles. The molecule has 2 N–H and O–H groups in total. The van der Waals surface area contributed by atoms with E-state index < -0.39 is 9.84 Å². The molecule has 0 amide bonds. The monoisotopic (exact) mass is 275 g/mol. The van der Waals surface area contributed by atoms with E-state index in [1.54, 1.807) is 19.9 Å². The lowest BCUT2D eigenvalue weighted by molar-refractivity contribution is 0.589. The predicted octanol–water partition coefficient (Wildman–Crippen LogP) is 1.28. The molecule has 5 nitrogen and oxygen atoms in total. The van der Waals surface area contributed by atoms with Gasteiger partial charge in [0.15, 0.2) is 15.0 Å². The Balaban J connectivity index is 2.57. The standard InChI is InChI=1S/C10H17N3O2S2/c1-7(2)17(14,15)5-4-16-10-12-8(3)6-9(11)13-10/h6-7H,4-5H2,1-3H3,(H2,11,12,13). The highest BCUT2D eigenvalue weighted by molar-refractivity contribution is 8.00. The number of nitrogen functional groups attached to an aromatic ring is 1. The maximum absolute atomic E-state index is 11.6. The third kappa shape index (κ3) is 4.51. The van der Waals surface area contributed by atoms with Crippen LogP contribution in [0.4, 0.5) is 5.82 Å². The van der Waals surface area contributed by atoms with Crippen LogP contribution in [0.15, 0.2) is 11.2 Å². The van der Waals surface area contributed by atoms with Gasteiger partial charge in [0.25, 0.3) is 0 Å². The molecule has 0 fully saturated rings. The van der Waals surface area contributed by atoms with Crippen LogP contribution in [0.1, 0.15) is 19.5 Å². The van der Waals surface area contributed by atoms with Crippen LogP contribution in [0.25, 0.3) is 0 Å². The molecular formula is C10H17N3O2S2. The van der Waals surface area contributed by atoms with Crippen molar-refractivity contribution in [2.24, 2.45) is 0 Å². The molecule has 0 aromatic carbocycles. The Morgan fingerprint density at radius 2 is 2.06 bits per heavy atom. The fraction of sp³-hybridized carbons (Fsp3) is 0.600. The summed E-state index contributed by atoms with van der Waals surface area (Å²) in [6.07, 6.45) is 0. The summed E-state index contributed by atoms with van der Waals surface area (Å²) in [5.41, 5.74) is 6.37. The average Bonchev–Trinajstić information content (AvgIpc) is 2.15. The van der Waals surface area contributed by atoms with Crippen LogP contribution in [-0.4, -0.2) is 35.1 Å². The molecule has 0 radical (unpaired) electrons. The number of thioether (sulfide) groups is 1. The van der Waals surface area contributed by atoms with Gasteiger partial charge in [-0.1, -0.05) is 11.8 Å². The molecule has 0 atom stereocenters. The molecule has 0 saturated heterocycles. The summed E-state index contributed by atoms with van der Waals surface area (Å²) in [5, 5.41) is 0.188. The normalized spacial score (nSPS) is 12.0. The van der Waals surface area contributed by atoms with Crippen molar-refractivity contribution in [1.29, 1.82) is 0 Å². The van der Waals surface area contributed by atoms with Gasteiger partial charge in [-0.3, -0.25) is 0 Å². The summed E-state index contributed by atoms with van der Waals surface area (Å²) in [6, 6.07) is 1.68. The molecule has 0 aliphatic rings. The zero-order valence-electron chi connectivity index (χ0n) is 10.2. The first-order valence-corrected chi connectivity index (χ1v) is 7.97. The van der Waals surface area contributed by atoms with Crippen molar-refractivity contribution < 1.29 is 8.42 Å². The highest BCUT2D eigenvalue weighted by Crippen LogP contribution is 2.16. The number of hydrogen-bond acceptors (Lipinski definition) is 6. The first-order chi connectivity index (χ1) is 7.81. The maximum atomic E-state index is 11.6. The summed E-state index contributed by atoms with van der Waals surface area (Å²) in [5.74, 6) is 0.988. The molecule has 0 spiro atoms. The van der Waals surface area contributed by atoms with Crippen molar-refractivity contribution in [3.63, 3.8) is 0 Å². The van der Waals surface area contributed by atoms with Gasteiger partial charge in [0.2, 0.25) is 0 Å². The Bertz CT molecular complexity index is 466. The summed E-state index contributed by atoms with van der Waals surface area (Å²) in [4.78, 5) is 8.21. The van der Waals surface area contributed by atoms with E-state index in [-0.39, 0.29) is 11.0 Å². The molecule has 7 heteroatoms. The van der Waals surface area contributed by atoms with Gasteiger partial charge in [0.1, 0.15) is 5.82 Å². The van der Waals surface area contributed by atoms with E-state index in [2.05, 4.69) is 9.97 Å². The number of rotatable bonds is 5. The van der Waals surface area contributed by atoms with Crippen molar-refractivity contribution in [1.82, 2.24) is 9.97 Å². The lowest BCUT2D eigenvalue weighted by Crippen LogP contribution is -2.19. The Morgan fingerprint density at radius 3 is 2.59 bits per heavy atom. The van der Waals surface area contributed by atoms with Gasteiger partial charge < -0.3 is 5.73 Å². The molecule has 0 aliphatic carbocycles. The summed E-state index contributed by atoms with van der Waals surface area (Å²) in [7, 11) is -3.00. The van der Waals surface area contributed by atoms with Crippen LogP contribution in [0.5, 0.6) is 0 Å². The van der Waals surface area contributed by atoms with Crippen LogP contribution in [-0.2, 0) is 9.84 Å². The molecule has 1 aromatic rings. The Labute approximate surface area is 106 Å². The van der Waals surface area contributed by atoms with Crippen LogP contribution in [0.3, 0.4) is 0 Å². The number of hydrogen-bond donors (Lipinski definition) is 1. The van der Waals surface area contributed by atoms with Gasteiger partial charge in [-0.25, -0.2) is 18.4 Å². The molecule has 96 valence electrons. The number of aryl methyl sites for hydroxylation is 1. The van der Waals surface area contributed by atoms with Crippen LogP contribution < -0.4 is 5.73 Å². The molecule has 0 unspecified atom stereocenters. The van der Waals surface area contributed by atoms with Crippen molar-refractivity contribution in [3.8, 4) is 0 Å². The molecular weight excluding hydrogens is 258 g/mol. The zero-order chi connectivity index (χ0) is 13.1. The highest BCUT2D eigenvalue weighted by Gasteiger charge is 2.15. The Hall–Kier alpha value is -0.820. The van der Waals surface area contributed by atoms with Crippen molar-refractivity contribution in [2.75, 3.05) is 17.2 Å². The van der Waals surface area contributed by atoms with Crippen LogP contribution >= 0.6 is 11.8 Å². The zero-order valence-corrected chi connectivity index (χ0v) is 11.8. The topological polar surface area (TPSA) is 85.9 Å². The Morgan fingerprint density at radius 1 is 1.41 bits per heavy atom. The van der Waals surface area contributed by atoms with Gasteiger partial charge in [0.05, 0.1) is 11.0 Å². The van der Waals surface area contributed by atoms with E-state index in [1.165, 1.54) is 11.8 Å². The van der Waals surface area contributed by atoms with Crippen molar-refractivity contribution >= 4 is 27.4 Å². The van der Waals surface area contributed by atoms with Crippen molar-refractivity contribution in [2.45, 2.75) is 31.2 Å².